The second-order valence-corrected chi connectivity index (χ2v) is 6.68. The smallest absolute Gasteiger partial charge is 0.211 e. The lowest BCUT2D eigenvalue weighted by Crippen LogP contribution is -2.52. The Morgan fingerprint density at radius 1 is 0.789 bits per heavy atom. The molecular weight excluding hydrogens is 342 g/mol. The van der Waals surface area contributed by atoms with Crippen molar-refractivity contribution >= 4 is 20.0 Å². The van der Waals surface area contributed by atoms with Crippen LogP contribution in [-0.4, -0.2) is 40.2 Å². The van der Waals surface area contributed by atoms with E-state index in [4.69, 9.17) is 0 Å². The van der Waals surface area contributed by atoms with E-state index in [1.807, 2.05) is 0 Å². The van der Waals surface area contributed by atoms with Gasteiger partial charge in [-0.05, 0) is 0 Å². The van der Waals surface area contributed by atoms with Gasteiger partial charge in [-0.25, -0.2) is 16.8 Å². The van der Waals surface area contributed by atoms with Gasteiger partial charge >= 0.3 is 17.6 Å². The van der Waals surface area contributed by atoms with Crippen LogP contribution in [0.5, 0.6) is 0 Å². The molecule has 0 aromatic carbocycles. The summed E-state index contributed by atoms with van der Waals surface area (Å²) in [5, 5.41) is -6.57. The first-order valence-electron chi connectivity index (χ1n) is 3.68. The number of sulfonamides is 2. The average Bonchev–Trinajstić information content (AvgIpc) is 1.92. The van der Waals surface area contributed by atoms with Gasteiger partial charge in [0.1, 0.15) is 0 Å². The van der Waals surface area contributed by atoms with Crippen LogP contribution < -0.4 is 4.13 Å². The molecule has 0 heterocycles. The van der Waals surface area contributed by atoms with Crippen molar-refractivity contribution in [2.24, 2.45) is 0 Å². The van der Waals surface area contributed by atoms with Crippen LogP contribution in [0.3, 0.4) is 0 Å². The predicted octanol–water partition coefficient (Wildman–Crippen LogP) is 0.953. The zero-order valence-corrected chi connectivity index (χ0v) is 9.81. The Morgan fingerprint density at radius 2 is 1.16 bits per heavy atom. The Labute approximate surface area is 100 Å². The summed E-state index contributed by atoms with van der Waals surface area (Å²) in [5.74, 6) is -2.94. The van der Waals surface area contributed by atoms with Crippen LogP contribution in [0.15, 0.2) is 0 Å². The molecule has 116 valence electrons. The van der Waals surface area contributed by atoms with Crippen LogP contribution in [0.25, 0.3) is 0 Å². The first-order chi connectivity index (χ1) is 7.91. The summed E-state index contributed by atoms with van der Waals surface area (Å²) in [5.41, 5.74) is 0. The van der Waals surface area contributed by atoms with E-state index in [1.165, 1.54) is 0 Å². The molecule has 0 spiro atoms. The maximum Gasteiger partial charge on any atom is 0.471 e. The van der Waals surface area contributed by atoms with Crippen molar-refractivity contribution in [2.45, 2.75) is 17.6 Å². The summed E-state index contributed by atoms with van der Waals surface area (Å²) in [6.45, 7) is 0. The van der Waals surface area contributed by atoms with Crippen molar-refractivity contribution in [3.05, 3.63) is 0 Å². The van der Waals surface area contributed by atoms with E-state index in [0.717, 1.165) is 0 Å². The summed E-state index contributed by atoms with van der Waals surface area (Å²) in [6.07, 6.45) is -12.2. The molecule has 0 aromatic rings. The van der Waals surface area contributed by atoms with Crippen LogP contribution in [0.1, 0.15) is 0 Å². The van der Waals surface area contributed by atoms with Gasteiger partial charge in [-0.15, -0.1) is 4.13 Å². The van der Waals surface area contributed by atoms with Gasteiger partial charge in [0.05, 0.1) is 0 Å². The highest BCUT2D eigenvalue weighted by Gasteiger charge is 2.68. The van der Waals surface area contributed by atoms with Crippen LogP contribution in [0, 0.1) is 0 Å². The molecule has 0 saturated heterocycles. The van der Waals surface area contributed by atoms with Gasteiger partial charge in [0.2, 0.25) is 10.0 Å². The van der Waals surface area contributed by atoms with E-state index in [0.29, 0.717) is 0 Å². The second-order valence-electron chi connectivity index (χ2n) is 2.98. The number of hydrogen-bond acceptors (Lipinski definition) is 4. The highest BCUT2D eigenvalue weighted by Crippen LogP contribution is 2.39. The fraction of sp³-hybridized carbons (Fsp3) is 1.00. The summed E-state index contributed by atoms with van der Waals surface area (Å²) >= 11 is 0. The summed E-state index contributed by atoms with van der Waals surface area (Å²) in [6, 6.07) is 0. The minimum Gasteiger partial charge on any atom is -0.211 e. The van der Waals surface area contributed by atoms with Crippen molar-refractivity contribution in [1.29, 1.82) is 0 Å². The molecule has 0 aromatic heterocycles. The molecule has 0 atom stereocenters. The van der Waals surface area contributed by atoms with Gasteiger partial charge in [0.15, 0.2) is 5.75 Å². The fourth-order valence-corrected chi connectivity index (χ4v) is 3.34. The molecule has 0 radical (unpaired) electrons. The van der Waals surface area contributed by atoms with Gasteiger partial charge in [0.25, 0.3) is 10.0 Å². The minimum atomic E-state index is -6.94. The van der Waals surface area contributed by atoms with E-state index in [1.54, 1.807) is 0 Å². The molecule has 0 unspecified atom stereocenters. The van der Waals surface area contributed by atoms with E-state index >= 15 is 0 Å². The summed E-state index contributed by atoms with van der Waals surface area (Å²) < 4.78 is 136. The highest BCUT2D eigenvalue weighted by molar-refractivity contribution is 8.05. The molecule has 0 aliphatic rings. The molecule has 0 aliphatic heterocycles. The van der Waals surface area contributed by atoms with Crippen LogP contribution in [0.2, 0.25) is 0 Å². The molecule has 0 rings (SSSR count). The van der Waals surface area contributed by atoms with Crippen molar-refractivity contribution in [3.8, 4) is 0 Å². The Bertz CT molecular complexity index is 528. The first kappa shape index (κ1) is 18.3. The lowest BCUT2D eigenvalue weighted by atomic mass is 10.7. The maximum absolute atomic E-state index is 12.4. The Balaban J connectivity index is 5.43. The third-order valence-corrected chi connectivity index (χ3v) is 4.77. The monoisotopic (exact) mass is 345 g/mol. The maximum atomic E-state index is 12.4. The van der Waals surface area contributed by atoms with Crippen molar-refractivity contribution in [3.63, 3.8) is 0 Å². The molecule has 0 saturated carbocycles. The van der Waals surface area contributed by atoms with Gasteiger partial charge in [-0.2, -0.15) is 35.1 Å². The van der Waals surface area contributed by atoms with Gasteiger partial charge in [0, 0.05) is 0 Å². The number of alkyl halides is 8. The average molecular weight is 345 g/mol. The van der Waals surface area contributed by atoms with E-state index in [-0.39, 0.29) is 4.13 Å². The molecule has 0 bridgehead atoms. The van der Waals surface area contributed by atoms with Crippen molar-refractivity contribution < 1.29 is 52.0 Å². The Kier molecular flexibility index (Phi) is 4.52. The Morgan fingerprint density at radius 3 is 1.42 bits per heavy atom. The van der Waals surface area contributed by atoms with Gasteiger partial charge < -0.3 is 0 Å². The minimum absolute atomic E-state index is 0.310. The van der Waals surface area contributed by atoms with E-state index in [9.17, 15) is 52.0 Å². The second kappa shape index (κ2) is 4.69. The van der Waals surface area contributed by atoms with Gasteiger partial charge in [-0.3, -0.25) is 0 Å². The standard InChI is InChI=1S/C4H3F8NO4S2/c5-2(6,7)1-18(14,15)13-19(16,17)4(11,12)3(8,9)10/h13H,1H2. The van der Waals surface area contributed by atoms with Crippen molar-refractivity contribution in [2.75, 3.05) is 5.75 Å². The topological polar surface area (TPSA) is 80.3 Å². The molecule has 15 heteroatoms. The molecular formula is C4H3F8NO4S2. The van der Waals surface area contributed by atoms with Crippen LogP contribution >= 0.6 is 0 Å². The normalized spacial score (nSPS) is 15.6. The zero-order valence-electron chi connectivity index (χ0n) is 8.18. The SMILES string of the molecule is O=S(=O)(CC(F)(F)F)NS(=O)(=O)C(F)(F)C(F)(F)F. The molecule has 1 N–H and O–H groups in total. The molecule has 0 fully saturated rings. The lowest BCUT2D eigenvalue weighted by Gasteiger charge is -2.19. The number of nitrogens with one attached hydrogen (secondary N) is 1. The quantitative estimate of drug-likeness (QED) is 0.770. The van der Waals surface area contributed by atoms with Crippen LogP contribution in [0.4, 0.5) is 35.1 Å². The number of hydrogen-bond donors (Lipinski definition) is 1. The van der Waals surface area contributed by atoms with Gasteiger partial charge in [-0.1, -0.05) is 0 Å². The largest absolute Gasteiger partial charge is 0.471 e. The third-order valence-electron chi connectivity index (χ3n) is 1.26. The molecule has 5 nitrogen and oxygen atoms in total. The third kappa shape index (κ3) is 4.72. The van der Waals surface area contributed by atoms with E-state index in [2.05, 4.69) is 0 Å². The fourth-order valence-electron chi connectivity index (χ4n) is 0.617. The lowest BCUT2D eigenvalue weighted by molar-refractivity contribution is -0.241. The summed E-state index contributed by atoms with van der Waals surface area (Å²) in [4.78, 5) is 0. The number of halogens is 8. The van der Waals surface area contributed by atoms with Crippen molar-refractivity contribution in [1.82, 2.24) is 4.13 Å². The van der Waals surface area contributed by atoms with Crippen LogP contribution in [-0.2, 0) is 20.0 Å². The molecule has 0 amide bonds. The first-order valence-corrected chi connectivity index (χ1v) is 6.82. The summed E-state index contributed by atoms with van der Waals surface area (Å²) in [7, 11) is -12.9. The zero-order chi connectivity index (χ0) is 15.9. The molecule has 19 heavy (non-hydrogen) atoms. The highest BCUT2D eigenvalue weighted by atomic mass is 32.3. The predicted molar refractivity (Wildman–Crippen MR) is 42.9 cm³/mol. The molecule has 0 aliphatic carbocycles. The number of rotatable bonds is 4. The Hall–Kier alpha value is -0.700. The van der Waals surface area contributed by atoms with E-state index < -0.39 is 43.4 Å².